The van der Waals surface area contributed by atoms with Crippen molar-refractivity contribution in [2.24, 2.45) is 11.8 Å². The van der Waals surface area contributed by atoms with Crippen molar-refractivity contribution in [2.75, 3.05) is 0 Å². The predicted octanol–water partition coefficient (Wildman–Crippen LogP) is 16.8. The summed E-state index contributed by atoms with van der Waals surface area (Å²) in [4.78, 5) is 16.5. The van der Waals surface area contributed by atoms with Crippen molar-refractivity contribution in [2.45, 2.75) is 231 Å². The number of aromatic nitrogens is 5. The van der Waals surface area contributed by atoms with E-state index in [0.717, 1.165) is 60.0 Å². The van der Waals surface area contributed by atoms with Gasteiger partial charge in [0.15, 0.2) is 0 Å². The third-order valence-corrected chi connectivity index (χ3v) is 11.0. The smallest absolute Gasteiger partial charge is 0.133 e. The molecule has 360 valence electrons. The Morgan fingerprint density at radius 3 is 1.67 bits per heavy atom. The molecule has 0 spiro atoms. The number of H-pyrrole nitrogens is 1. The zero-order valence-corrected chi connectivity index (χ0v) is 45.6. The summed E-state index contributed by atoms with van der Waals surface area (Å²) in [6.45, 7) is 50.5. The highest BCUT2D eigenvalue weighted by atomic mass is 16.3. The number of hydrogen-bond donors (Lipinski definition) is 1. The maximum atomic E-state index is 5.87. The lowest BCUT2D eigenvalue weighted by atomic mass is 9.86. The van der Waals surface area contributed by atoms with E-state index in [9.17, 15) is 0 Å². The van der Waals surface area contributed by atoms with Crippen LogP contribution in [0.5, 0.6) is 0 Å². The summed E-state index contributed by atoms with van der Waals surface area (Å²) in [6.07, 6.45) is 15.0. The summed E-state index contributed by atoms with van der Waals surface area (Å²) in [7, 11) is 0. The zero-order valence-electron chi connectivity index (χ0n) is 45.6. The highest BCUT2D eigenvalue weighted by Gasteiger charge is 2.20. The minimum absolute atomic E-state index is 0.0607. The molecule has 0 aliphatic heterocycles. The van der Waals surface area contributed by atoms with Crippen LogP contribution in [0.4, 0.5) is 0 Å². The molecule has 2 unspecified atom stereocenters. The van der Waals surface area contributed by atoms with Gasteiger partial charge in [-0.2, -0.15) is 0 Å². The third-order valence-electron chi connectivity index (χ3n) is 11.0. The SMILES string of the molecule is CC(C)Cc1ccc(C(C)(C)C)cc1.CCC(C)c1ncc(C(C)(C)C)[nH]1.CCCC(C)Cc1ccc(C(C)(C)C)o1.CCc1ccnc(C(C)(C)C)n1.Cc1ccn(C(C)(C)C)c1. The van der Waals surface area contributed by atoms with Crippen molar-refractivity contribution in [1.82, 2.24) is 24.5 Å². The maximum absolute atomic E-state index is 5.87. The van der Waals surface area contributed by atoms with Crippen LogP contribution < -0.4 is 0 Å². The van der Waals surface area contributed by atoms with E-state index in [1.54, 1.807) is 0 Å². The molecule has 0 aliphatic rings. The van der Waals surface area contributed by atoms with Crippen molar-refractivity contribution in [3.63, 3.8) is 0 Å². The van der Waals surface area contributed by atoms with Gasteiger partial charge in [-0.25, -0.2) is 15.0 Å². The van der Waals surface area contributed by atoms with Crippen LogP contribution in [0.15, 0.2) is 77.7 Å². The standard InChI is InChI=1S/C14H24O.C14H22.C11H20N2.C10H16N2.C9H15N/c1-6-7-11(2)10-12-8-9-13(15-12)14(3,4)5;1-11(2)10-12-6-8-13(9-7-12)14(3,4)5;1-6-8(2)10-12-7-9(13-10)11(3,4)5;1-5-8-6-7-11-9(12-8)10(2,3)4;1-8-5-6-10(7-8)9(2,3)4/h8-9,11H,6-7,10H2,1-5H3;6-9,11H,10H2,1-5H3;7-8H,6H2,1-5H3,(H,12,13);6-7H,5H2,1-4H3;5-7H,1-4H3. The lowest BCUT2D eigenvalue weighted by Crippen LogP contribution is -2.19. The summed E-state index contributed by atoms with van der Waals surface area (Å²) >= 11 is 0. The first-order valence-corrected chi connectivity index (χ1v) is 24.5. The molecule has 0 amide bonds. The molecule has 6 nitrogen and oxygen atoms in total. The van der Waals surface area contributed by atoms with E-state index in [1.807, 2.05) is 18.5 Å². The van der Waals surface area contributed by atoms with Gasteiger partial charge >= 0.3 is 0 Å². The summed E-state index contributed by atoms with van der Waals surface area (Å²) < 4.78 is 8.09. The van der Waals surface area contributed by atoms with Gasteiger partial charge in [-0.3, -0.25) is 0 Å². The van der Waals surface area contributed by atoms with Crippen LogP contribution in [0, 0.1) is 18.8 Å². The first-order chi connectivity index (χ1) is 29.3. The fourth-order valence-electron chi connectivity index (χ4n) is 6.48. The Bertz CT molecular complexity index is 1990. The van der Waals surface area contributed by atoms with Gasteiger partial charge in [0.05, 0.1) is 0 Å². The minimum Gasteiger partial charge on any atom is -0.466 e. The van der Waals surface area contributed by atoms with Gasteiger partial charge in [-0.1, -0.05) is 169 Å². The van der Waals surface area contributed by atoms with E-state index in [2.05, 4.69) is 239 Å². The van der Waals surface area contributed by atoms with Gasteiger partial charge in [-0.05, 0) is 105 Å². The summed E-state index contributed by atoms with van der Waals surface area (Å²) in [5.41, 5.74) is 7.42. The van der Waals surface area contributed by atoms with Crippen LogP contribution in [0.25, 0.3) is 0 Å². The molecule has 1 aromatic carbocycles. The Morgan fingerprint density at radius 1 is 0.672 bits per heavy atom. The second-order valence-electron chi connectivity index (χ2n) is 23.6. The first kappa shape index (κ1) is 58.1. The number of nitrogens with one attached hydrogen (secondary N) is 1. The second kappa shape index (κ2) is 25.7. The van der Waals surface area contributed by atoms with Gasteiger partial charge in [-0.15, -0.1) is 0 Å². The number of furan rings is 1. The van der Waals surface area contributed by atoms with Gasteiger partial charge in [0.2, 0.25) is 0 Å². The molecule has 64 heavy (non-hydrogen) atoms. The average molecular weight is 880 g/mol. The van der Waals surface area contributed by atoms with Crippen molar-refractivity contribution in [1.29, 1.82) is 0 Å². The van der Waals surface area contributed by atoms with Crippen LogP contribution in [0.1, 0.15) is 229 Å². The lowest BCUT2D eigenvalue weighted by Gasteiger charge is -2.20. The topological polar surface area (TPSA) is 72.5 Å². The molecule has 0 saturated carbocycles. The van der Waals surface area contributed by atoms with Gasteiger partial charge < -0.3 is 14.0 Å². The van der Waals surface area contributed by atoms with E-state index in [-0.39, 0.29) is 27.2 Å². The largest absolute Gasteiger partial charge is 0.466 e. The van der Waals surface area contributed by atoms with E-state index in [1.165, 1.54) is 41.6 Å². The van der Waals surface area contributed by atoms with E-state index < -0.39 is 0 Å². The highest BCUT2D eigenvalue weighted by Crippen LogP contribution is 2.27. The first-order valence-electron chi connectivity index (χ1n) is 24.5. The number of rotatable bonds is 9. The maximum Gasteiger partial charge on any atom is 0.133 e. The fraction of sp³-hybridized carbons (Fsp3) is 0.638. The molecular formula is C58H97N5O. The summed E-state index contributed by atoms with van der Waals surface area (Å²) in [6, 6.07) is 17.4. The Balaban J connectivity index is 0.000000402. The molecule has 6 heteroatoms. The molecule has 0 saturated heterocycles. The number of hydrogen-bond acceptors (Lipinski definition) is 4. The van der Waals surface area contributed by atoms with Crippen molar-refractivity contribution < 1.29 is 4.42 Å². The second-order valence-corrected chi connectivity index (χ2v) is 23.6. The Kier molecular flexibility index (Phi) is 23.3. The molecule has 5 aromatic rings. The minimum atomic E-state index is 0.0607. The number of aryl methyl sites for hydroxylation is 2. The normalized spacial score (nSPS) is 13.0. The predicted molar refractivity (Wildman–Crippen MR) is 279 cm³/mol. The Morgan fingerprint density at radius 2 is 1.28 bits per heavy atom. The number of imidazole rings is 1. The van der Waals surface area contributed by atoms with Crippen molar-refractivity contribution in [3.8, 4) is 0 Å². The average Bonchev–Trinajstić information content (AvgIpc) is 3.97. The third kappa shape index (κ3) is 22.3. The molecule has 0 aliphatic carbocycles. The van der Waals surface area contributed by atoms with E-state index in [0.29, 0.717) is 5.92 Å². The Hall–Kier alpha value is -3.93. The summed E-state index contributed by atoms with van der Waals surface area (Å²) in [5, 5.41) is 0. The lowest BCUT2D eigenvalue weighted by molar-refractivity contribution is 0.367. The molecule has 1 N–H and O–H groups in total. The van der Waals surface area contributed by atoms with E-state index in [4.69, 9.17) is 4.42 Å². The van der Waals surface area contributed by atoms with E-state index >= 15 is 0 Å². The highest BCUT2D eigenvalue weighted by molar-refractivity contribution is 5.27. The molecule has 0 bridgehead atoms. The molecule has 4 heterocycles. The molecule has 2 atom stereocenters. The monoisotopic (exact) mass is 880 g/mol. The van der Waals surface area contributed by atoms with Gasteiger partial charge in [0, 0.05) is 70.3 Å². The van der Waals surface area contributed by atoms with Crippen LogP contribution >= 0.6 is 0 Å². The number of benzene rings is 1. The molecule has 0 radical (unpaired) electrons. The van der Waals surface area contributed by atoms with Crippen molar-refractivity contribution >= 4 is 0 Å². The van der Waals surface area contributed by atoms with Gasteiger partial charge in [0.1, 0.15) is 23.2 Å². The van der Waals surface area contributed by atoms with Crippen molar-refractivity contribution in [3.05, 3.63) is 125 Å². The fourth-order valence-corrected chi connectivity index (χ4v) is 6.48. The van der Waals surface area contributed by atoms with Crippen LogP contribution in [-0.2, 0) is 46.5 Å². The number of aromatic amines is 1. The summed E-state index contributed by atoms with van der Waals surface area (Å²) in [5.74, 6) is 6.30. The molecule has 5 rings (SSSR count). The quantitative estimate of drug-likeness (QED) is 0.160. The number of nitrogens with zero attached hydrogens (tertiary/aromatic N) is 4. The Labute approximate surface area is 394 Å². The van der Waals surface area contributed by atoms with Crippen LogP contribution in [0.2, 0.25) is 0 Å². The van der Waals surface area contributed by atoms with Gasteiger partial charge in [0.25, 0.3) is 0 Å². The zero-order chi connectivity index (χ0) is 49.3. The molecule has 0 fully saturated rings. The van der Waals surface area contributed by atoms with Crippen LogP contribution in [0.3, 0.4) is 0 Å². The van der Waals surface area contributed by atoms with Crippen LogP contribution in [-0.4, -0.2) is 24.5 Å². The molecule has 4 aromatic heterocycles. The molecular weight excluding hydrogens is 783 g/mol.